The lowest BCUT2D eigenvalue weighted by molar-refractivity contribution is 0.839. The van der Waals surface area contributed by atoms with E-state index in [1.54, 1.807) is 6.20 Å². The van der Waals surface area contributed by atoms with Gasteiger partial charge in [0.2, 0.25) is 0 Å². The number of halogens is 1. The van der Waals surface area contributed by atoms with Crippen molar-refractivity contribution < 1.29 is 0 Å². The average Bonchev–Trinajstić information content (AvgIpc) is 2.71. The normalized spacial score (nSPS) is 12.7. The lowest BCUT2D eigenvalue weighted by Crippen LogP contribution is -1.97. The first-order valence-corrected chi connectivity index (χ1v) is 5.60. The van der Waals surface area contributed by atoms with Gasteiger partial charge >= 0.3 is 0 Å². The molecule has 0 aliphatic carbocycles. The molecule has 0 radical (unpaired) electrons. The summed E-state index contributed by atoms with van der Waals surface area (Å²) in [6.07, 6.45) is 3.65. The Morgan fingerprint density at radius 2 is 2.00 bits per heavy atom. The predicted molar refractivity (Wildman–Crippen MR) is 65.3 cm³/mol. The number of H-pyrrole nitrogens is 1. The van der Waals surface area contributed by atoms with E-state index in [1.165, 1.54) is 9.13 Å². The van der Waals surface area contributed by atoms with Gasteiger partial charge in [-0.3, -0.25) is 0 Å². The molecule has 0 unspecified atom stereocenters. The third-order valence-electron chi connectivity index (χ3n) is 2.30. The monoisotopic (exact) mass is 298 g/mol. The molecule has 2 nitrogen and oxygen atoms in total. The van der Waals surface area contributed by atoms with Crippen molar-refractivity contribution in [2.75, 3.05) is 0 Å². The molecule has 1 aromatic carbocycles. The SMILES string of the molecule is C[C@H](c1ccc(I)cc1)c1ncc[nH]1. The topological polar surface area (TPSA) is 28.7 Å². The van der Waals surface area contributed by atoms with Crippen molar-refractivity contribution >= 4 is 22.6 Å². The molecule has 3 heteroatoms. The lowest BCUT2D eigenvalue weighted by atomic mass is 10.0. The molecular formula is C11H11IN2. The summed E-state index contributed by atoms with van der Waals surface area (Å²) in [7, 11) is 0. The molecule has 0 aliphatic rings. The maximum absolute atomic E-state index is 4.26. The molecule has 0 fully saturated rings. The van der Waals surface area contributed by atoms with E-state index in [1.807, 2.05) is 6.20 Å². The number of aromatic amines is 1. The highest BCUT2D eigenvalue weighted by molar-refractivity contribution is 14.1. The van der Waals surface area contributed by atoms with Crippen molar-refractivity contribution in [3.05, 3.63) is 51.6 Å². The summed E-state index contributed by atoms with van der Waals surface area (Å²) in [4.78, 5) is 7.39. The summed E-state index contributed by atoms with van der Waals surface area (Å²) < 4.78 is 1.26. The zero-order chi connectivity index (χ0) is 9.97. The van der Waals surface area contributed by atoms with Crippen molar-refractivity contribution in [1.82, 2.24) is 9.97 Å². The number of rotatable bonds is 2. The second kappa shape index (κ2) is 4.13. The molecule has 0 saturated carbocycles. The highest BCUT2D eigenvalue weighted by Crippen LogP contribution is 2.21. The Labute approximate surface area is 96.9 Å². The summed E-state index contributed by atoms with van der Waals surface area (Å²) in [5.41, 5.74) is 1.29. The van der Waals surface area contributed by atoms with Crippen LogP contribution in [-0.4, -0.2) is 9.97 Å². The van der Waals surface area contributed by atoms with E-state index in [4.69, 9.17) is 0 Å². The second-order valence-corrected chi connectivity index (χ2v) is 4.49. The van der Waals surface area contributed by atoms with Gasteiger partial charge < -0.3 is 4.98 Å². The molecule has 2 aromatic rings. The molecule has 0 bridgehead atoms. The van der Waals surface area contributed by atoms with Crippen LogP contribution in [0.4, 0.5) is 0 Å². The minimum atomic E-state index is 0.335. The van der Waals surface area contributed by atoms with Crippen molar-refractivity contribution in [3.63, 3.8) is 0 Å². The minimum absolute atomic E-state index is 0.335. The molecular weight excluding hydrogens is 287 g/mol. The van der Waals surface area contributed by atoms with Crippen LogP contribution in [0.2, 0.25) is 0 Å². The number of imidazole rings is 1. The molecule has 0 saturated heterocycles. The van der Waals surface area contributed by atoms with Crippen LogP contribution >= 0.6 is 22.6 Å². The van der Waals surface area contributed by atoms with Gasteiger partial charge in [0, 0.05) is 21.9 Å². The first-order chi connectivity index (χ1) is 6.77. The van der Waals surface area contributed by atoms with Gasteiger partial charge in [-0.15, -0.1) is 0 Å². The van der Waals surface area contributed by atoms with Gasteiger partial charge in [0.25, 0.3) is 0 Å². The molecule has 14 heavy (non-hydrogen) atoms. The lowest BCUT2D eigenvalue weighted by Gasteiger charge is -2.08. The predicted octanol–water partition coefficient (Wildman–Crippen LogP) is 3.17. The van der Waals surface area contributed by atoms with Crippen LogP contribution in [-0.2, 0) is 0 Å². The third-order valence-corrected chi connectivity index (χ3v) is 3.02. The number of nitrogens with zero attached hydrogens (tertiary/aromatic N) is 1. The van der Waals surface area contributed by atoms with E-state index < -0.39 is 0 Å². The van der Waals surface area contributed by atoms with Crippen molar-refractivity contribution in [2.24, 2.45) is 0 Å². The maximum atomic E-state index is 4.26. The van der Waals surface area contributed by atoms with Crippen LogP contribution in [0, 0.1) is 3.57 Å². The van der Waals surface area contributed by atoms with Crippen molar-refractivity contribution in [1.29, 1.82) is 0 Å². The zero-order valence-electron chi connectivity index (χ0n) is 7.87. The van der Waals surface area contributed by atoms with Gasteiger partial charge in [-0.2, -0.15) is 0 Å². The van der Waals surface area contributed by atoms with E-state index in [2.05, 4.69) is 63.7 Å². The number of benzene rings is 1. The minimum Gasteiger partial charge on any atom is -0.348 e. The quantitative estimate of drug-likeness (QED) is 0.848. The van der Waals surface area contributed by atoms with Crippen molar-refractivity contribution in [2.45, 2.75) is 12.8 Å². The largest absolute Gasteiger partial charge is 0.348 e. The van der Waals surface area contributed by atoms with Crippen LogP contribution in [0.15, 0.2) is 36.7 Å². The Balaban J connectivity index is 2.28. The summed E-state index contributed by atoms with van der Waals surface area (Å²) in [5.74, 6) is 1.35. The van der Waals surface area contributed by atoms with Gasteiger partial charge in [0.1, 0.15) is 5.82 Å². The number of nitrogens with one attached hydrogen (secondary N) is 1. The molecule has 0 spiro atoms. The molecule has 2 rings (SSSR count). The molecule has 0 aliphatic heterocycles. The molecule has 72 valence electrons. The second-order valence-electron chi connectivity index (χ2n) is 3.25. The summed E-state index contributed by atoms with van der Waals surface area (Å²) in [5, 5.41) is 0. The first kappa shape index (κ1) is 9.71. The summed E-state index contributed by atoms with van der Waals surface area (Å²) in [6, 6.07) is 8.54. The van der Waals surface area contributed by atoms with Gasteiger partial charge in [0.15, 0.2) is 0 Å². The highest BCUT2D eigenvalue weighted by atomic mass is 127. The Bertz CT molecular complexity index is 392. The van der Waals surface area contributed by atoms with E-state index in [0.717, 1.165) is 5.82 Å². The fourth-order valence-corrected chi connectivity index (χ4v) is 1.78. The van der Waals surface area contributed by atoms with E-state index in [0.29, 0.717) is 5.92 Å². The van der Waals surface area contributed by atoms with Crippen LogP contribution in [0.5, 0.6) is 0 Å². The zero-order valence-corrected chi connectivity index (χ0v) is 10.0. The number of aromatic nitrogens is 2. The molecule has 1 heterocycles. The fraction of sp³-hybridized carbons (Fsp3) is 0.182. The Hall–Kier alpha value is -0.840. The highest BCUT2D eigenvalue weighted by Gasteiger charge is 2.09. The molecule has 1 atom stereocenters. The van der Waals surface area contributed by atoms with Crippen LogP contribution in [0.3, 0.4) is 0 Å². The van der Waals surface area contributed by atoms with E-state index >= 15 is 0 Å². The molecule has 0 amide bonds. The smallest absolute Gasteiger partial charge is 0.113 e. The van der Waals surface area contributed by atoms with Gasteiger partial charge in [-0.05, 0) is 40.3 Å². The van der Waals surface area contributed by atoms with Crippen LogP contribution < -0.4 is 0 Å². The summed E-state index contributed by atoms with van der Waals surface area (Å²) in [6.45, 7) is 2.15. The Morgan fingerprint density at radius 1 is 1.29 bits per heavy atom. The molecule has 1 N–H and O–H groups in total. The van der Waals surface area contributed by atoms with Crippen molar-refractivity contribution in [3.8, 4) is 0 Å². The van der Waals surface area contributed by atoms with E-state index in [-0.39, 0.29) is 0 Å². The third kappa shape index (κ3) is 1.97. The number of hydrogen-bond acceptors (Lipinski definition) is 1. The van der Waals surface area contributed by atoms with Crippen LogP contribution in [0.1, 0.15) is 24.2 Å². The Morgan fingerprint density at radius 3 is 2.57 bits per heavy atom. The van der Waals surface area contributed by atoms with Crippen LogP contribution in [0.25, 0.3) is 0 Å². The maximum Gasteiger partial charge on any atom is 0.113 e. The molecule has 1 aromatic heterocycles. The Kier molecular flexibility index (Phi) is 2.86. The van der Waals surface area contributed by atoms with Gasteiger partial charge in [-0.1, -0.05) is 19.1 Å². The van der Waals surface area contributed by atoms with Gasteiger partial charge in [0.05, 0.1) is 0 Å². The number of hydrogen-bond donors (Lipinski definition) is 1. The van der Waals surface area contributed by atoms with E-state index in [9.17, 15) is 0 Å². The summed E-state index contributed by atoms with van der Waals surface area (Å²) >= 11 is 2.31. The fourth-order valence-electron chi connectivity index (χ4n) is 1.42. The average molecular weight is 298 g/mol. The first-order valence-electron chi connectivity index (χ1n) is 4.52. The van der Waals surface area contributed by atoms with Gasteiger partial charge in [-0.25, -0.2) is 4.98 Å². The standard InChI is InChI=1S/C11H11IN2/c1-8(11-13-6-7-14-11)9-2-4-10(12)5-3-9/h2-8H,1H3,(H,13,14)/t8-/m1/s1.